The molecule has 0 aromatic heterocycles. The summed E-state index contributed by atoms with van der Waals surface area (Å²) in [6.07, 6.45) is 2.46. The minimum absolute atomic E-state index is 0.0568. The molecule has 0 rings (SSSR count). The number of methoxy groups -OCH3 is 1. The Morgan fingerprint density at radius 1 is 1.22 bits per heavy atom. The van der Waals surface area contributed by atoms with Gasteiger partial charge in [-0.3, -0.25) is 9.69 Å². The van der Waals surface area contributed by atoms with Crippen molar-refractivity contribution in [2.24, 2.45) is 0 Å². The second-order valence-electron chi connectivity index (χ2n) is 4.19. The molecule has 0 aromatic rings. The summed E-state index contributed by atoms with van der Waals surface area (Å²) in [7, 11) is 4.84. The minimum atomic E-state index is -0.299. The molecule has 0 radical (unpaired) electrons. The van der Waals surface area contributed by atoms with Crippen LogP contribution in [0.3, 0.4) is 0 Å². The molecule has 0 fully saturated rings. The van der Waals surface area contributed by atoms with Gasteiger partial charge in [-0.2, -0.15) is 0 Å². The van der Waals surface area contributed by atoms with Crippen molar-refractivity contribution in [1.29, 1.82) is 0 Å². The van der Waals surface area contributed by atoms with Crippen molar-refractivity contribution in [3.05, 3.63) is 11.6 Å². The second kappa shape index (κ2) is 8.69. The van der Waals surface area contributed by atoms with Gasteiger partial charge in [-0.25, -0.2) is 4.79 Å². The molecule has 0 heterocycles. The lowest BCUT2D eigenvalue weighted by atomic mass is 10.2. The third-order valence-electron chi connectivity index (χ3n) is 2.73. The van der Waals surface area contributed by atoms with Crippen molar-refractivity contribution < 1.29 is 14.3 Å². The van der Waals surface area contributed by atoms with E-state index < -0.39 is 0 Å². The molecule has 0 spiro atoms. The van der Waals surface area contributed by atoms with Crippen LogP contribution >= 0.6 is 0 Å². The average molecular weight is 256 g/mol. The molecule has 0 N–H and O–H groups in total. The normalized spacial score (nSPS) is 11.6. The maximum atomic E-state index is 11.6. The predicted molar refractivity (Wildman–Crippen MR) is 71.2 cm³/mol. The molecule has 0 aliphatic rings. The summed E-state index contributed by atoms with van der Waals surface area (Å²) in [5.41, 5.74) is 0.647. The first-order valence-electron chi connectivity index (χ1n) is 6.16. The molecule has 0 saturated heterocycles. The second-order valence-corrected chi connectivity index (χ2v) is 4.19. The number of amides is 1. The smallest absolute Gasteiger partial charge is 0.333 e. The van der Waals surface area contributed by atoms with Gasteiger partial charge in [0, 0.05) is 26.2 Å². The van der Waals surface area contributed by atoms with Gasteiger partial charge in [-0.15, -0.1) is 0 Å². The minimum Gasteiger partial charge on any atom is -0.466 e. The van der Waals surface area contributed by atoms with Gasteiger partial charge in [-0.05, 0) is 13.0 Å². The largest absolute Gasteiger partial charge is 0.466 e. The maximum Gasteiger partial charge on any atom is 0.333 e. The third kappa shape index (κ3) is 5.82. The van der Waals surface area contributed by atoms with Crippen molar-refractivity contribution in [1.82, 2.24) is 9.80 Å². The van der Waals surface area contributed by atoms with E-state index >= 15 is 0 Å². The van der Waals surface area contributed by atoms with Crippen LogP contribution in [0.15, 0.2) is 11.6 Å². The first-order valence-corrected chi connectivity index (χ1v) is 6.16. The fourth-order valence-electron chi connectivity index (χ4n) is 1.38. The number of likely N-dealkylation sites (N-methyl/N-ethyl adjacent to an activating group) is 2. The van der Waals surface area contributed by atoms with Crippen molar-refractivity contribution in [2.45, 2.75) is 20.3 Å². The fourth-order valence-corrected chi connectivity index (χ4v) is 1.38. The third-order valence-corrected chi connectivity index (χ3v) is 2.73. The van der Waals surface area contributed by atoms with Crippen LogP contribution in [0.5, 0.6) is 0 Å². The van der Waals surface area contributed by atoms with Crippen LogP contribution in [-0.4, -0.2) is 62.5 Å². The van der Waals surface area contributed by atoms with Gasteiger partial charge in [0.25, 0.3) is 0 Å². The number of hydrogen-bond donors (Lipinski definition) is 0. The number of carbonyl (C=O) groups excluding carboxylic acids is 2. The first kappa shape index (κ1) is 16.6. The van der Waals surface area contributed by atoms with Gasteiger partial charge in [-0.1, -0.05) is 19.9 Å². The van der Waals surface area contributed by atoms with Crippen LogP contribution in [-0.2, 0) is 14.3 Å². The van der Waals surface area contributed by atoms with Crippen molar-refractivity contribution in [3.63, 3.8) is 0 Å². The Morgan fingerprint density at radius 3 is 2.22 bits per heavy atom. The van der Waals surface area contributed by atoms with E-state index in [4.69, 9.17) is 0 Å². The van der Waals surface area contributed by atoms with E-state index in [9.17, 15) is 9.59 Å². The van der Waals surface area contributed by atoms with E-state index in [2.05, 4.69) is 4.74 Å². The van der Waals surface area contributed by atoms with Gasteiger partial charge in [0.15, 0.2) is 0 Å². The topological polar surface area (TPSA) is 49.9 Å². The molecule has 0 atom stereocenters. The quantitative estimate of drug-likeness (QED) is 0.502. The number of esters is 1. The molecule has 1 amide bonds. The fraction of sp³-hybridized carbons (Fsp3) is 0.692. The van der Waals surface area contributed by atoms with Crippen LogP contribution in [0, 0.1) is 0 Å². The van der Waals surface area contributed by atoms with Gasteiger partial charge in [0.2, 0.25) is 5.91 Å². The maximum absolute atomic E-state index is 11.6. The average Bonchev–Trinajstić information content (AvgIpc) is 2.36. The SMILES string of the molecule is CCC(=CCN(CC)CC(=O)N(C)C)C(=O)OC. The monoisotopic (exact) mass is 256 g/mol. The lowest BCUT2D eigenvalue weighted by molar-refractivity contribution is -0.136. The van der Waals surface area contributed by atoms with Gasteiger partial charge >= 0.3 is 5.97 Å². The van der Waals surface area contributed by atoms with Crippen LogP contribution < -0.4 is 0 Å². The molecular formula is C13H24N2O3. The zero-order valence-electron chi connectivity index (χ0n) is 12.0. The van der Waals surface area contributed by atoms with Gasteiger partial charge < -0.3 is 9.64 Å². The highest BCUT2D eigenvalue weighted by molar-refractivity contribution is 5.88. The molecule has 0 bridgehead atoms. The highest BCUT2D eigenvalue weighted by Crippen LogP contribution is 2.04. The highest BCUT2D eigenvalue weighted by Gasteiger charge is 2.11. The number of nitrogens with zero attached hydrogens (tertiary/aromatic N) is 2. The standard InChI is InChI=1S/C13H24N2O3/c1-6-11(13(17)18-5)8-9-15(7-2)10-12(16)14(3)4/h8H,6-7,9-10H2,1-5H3. The summed E-state index contributed by atoms with van der Waals surface area (Å²) >= 11 is 0. The summed E-state index contributed by atoms with van der Waals surface area (Å²) in [6, 6.07) is 0. The van der Waals surface area contributed by atoms with Crippen LogP contribution in [0.25, 0.3) is 0 Å². The molecule has 0 aliphatic heterocycles. The molecule has 18 heavy (non-hydrogen) atoms. The molecule has 5 heteroatoms. The summed E-state index contributed by atoms with van der Waals surface area (Å²) in [6.45, 7) is 5.59. The number of ether oxygens (including phenoxy) is 1. The summed E-state index contributed by atoms with van der Waals surface area (Å²) < 4.78 is 4.69. The summed E-state index contributed by atoms with van der Waals surface area (Å²) in [5.74, 6) is -0.242. The highest BCUT2D eigenvalue weighted by atomic mass is 16.5. The van der Waals surface area contributed by atoms with Crippen molar-refractivity contribution in [3.8, 4) is 0 Å². The van der Waals surface area contributed by atoms with Gasteiger partial charge in [0.1, 0.15) is 0 Å². The van der Waals surface area contributed by atoms with E-state index in [1.807, 2.05) is 24.8 Å². The van der Waals surface area contributed by atoms with Crippen LogP contribution in [0.1, 0.15) is 20.3 Å². The Labute approximate surface area is 109 Å². The van der Waals surface area contributed by atoms with E-state index in [1.54, 1.807) is 19.0 Å². The molecule has 5 nitrogen and oxygen atoms in total. The zero-order valence-corrected chi connectivity index (χ0v) is 12.0. The number of rotatable bonds is 7. The van der Waals surface area contributed by atoms with Crippen molar-refractivity contribution in [2.75, 3.05) is 40.8 Å². The number of hydrogen-bond acceptors (Lipinski definition) is 4. The van der Waals surface area contributed by atoms with Crippen LogP contribution in [0.2, 0.25) is 0 Å². The molecule has 104 valence electrons. The predicted octanol–water partition coefficient (Wildman–Crippen LogP) is 0.906. The molecule has 0 aliphatic carbocycles. The summed E-state index contributed by atoms with van der Waals surface area (Å²) in [4.78, 5) is 26.5. The molecule has 0 saturated carbocycles. The van der Waals surface area contributed by atoms with Gasteiger partial charge in [0.05, 0.1) is 13.7 Å². The molecule has 0 unspecified atom stereocenters. The Morgan fingerprint density at radius 2 is 1.83 bits per heavy atom. The lowest BCUT2D eigenvalue weighted by Crippen LogP contribution is -2.36. The van der Waals surface area contributed by atoms with Crippen molar-refractivity contribution >= 4 is 11.9 Å². The summed E-state index contributed by atoms with van der Waals surface area (Å²) in [5, 5.41) is 0. The van der Waals surface area contributed by atoms with E-state index in [0.29, 0.717) is 25.1 Å². The Hall–Kier alpha value is -1.36. The van der Waals surface area contributed by atoms with E-state index in [0.717, 1.165) is 6.54 Å². The van der Waals surface area contributed by atoms with Crippen LogP contribution in [0.4, 0.5) is 0 Å². The first-order chi connectivity index (χ1) is 8.46. The Bertz CT molecular complexity index is 311. The molecule has 0 aromatic carbocycles. The Kier molecular flexibility index (Phi) is 8.03. The zero-order chi connectivity index (χ0) is 14.1. The van der Waals surface area contributed by atoms with E-state index in [-0.39, 0.29) is 11.9 Å². The number of carbonyl (C=O) groups is 2. The van der Waals surface area contributed by atoms with E-state index in [1.165, 1.54) is 7.11 Å². The lowest BCUT2D eigenvalue weighted by Gasteiger charge is -2.20. The molecular weight excluding hydrogens is 232 g/mol. The Balaban J connectivity index is 4.49.